The average molecular weight is 382 g/mol. The van der Waals surface area contributed by atoms with Crippen molar-refractivity contribution in [2.24, 2.45) is 4.99 Å². The summed E-state index contributed by atoms with van der Waals surface area (Å²) in [5.74, 6) is -0.661. The molecule has 2 aromatic rings. The molecular formula is C19H18N4O3S. The maximum Gasteiger partial charge on any atom is 0.240 e. The number of hydrogen-bond acceptors (Lipinski definition) is 5. The van der Waals surface area contributed by atoms with Crippen LogP contribution in [0.5, 0.6) is 0 Å². The summed E-state index contributed by atoms with van der Waals surface area (Å²) in [7, 11) is 0. The van der Waals surface area contributed by atoms with Crippen LogP contribution in [0.1, 0.15) is 13.3 Å². The van der Waals surface area contributed by atoms with Crippen molar-refractivity contribution >= 4 is 51.7 Å². The molecule has 1 saturated heterocycles. The zero-order valence-corrected chi connectivity index (χ0v) is 15.4. The van der Waals surface area contributed by atoms with Gasteiger partial charge in [0.1, 0.15) is 5.25 Å². The number of aliphatic imine (C=N–C) groups is 1. The first-order valence-corrected chi connectivity index (χ1v) is 9.16. The molecule has 2 aromatic carbocycles. The predicted molar refractivity (Wildman–Crippen MR) is 107 cm³/mol. The molecule has 27 heavy (non-hydrogen) atoms. The Hall–Kier alpha value is -3.13. The fraction of sp³-hybridized carbons (Fsp3) is 0.158. The minimum absolute atomic E-state index is 0.0394. The van der Waals surface area contributed by atoms with Gasteiger partial charge in [0, 0.05) is 24.7 Å². The number of amidine groups is 1. The molecule has 1 unspecified atom stereocenters. The highest BCUT2D eigenvalue weighted by Crippen LogP contribution is 2.25. The standard InChI is InChI=1S/C19H18N4O3S/c1-12(24)20-14-7-9-15(10-8-14)21-17(25)11-16-18(26)23-19(27-16)22-13-5-3-2-4-6-13/h2-10,16H,11H2,1H3,(H,20,24)(H,21,25)(H,22,23,26). The first kappa shape index (κ1) is 18.7. The smallest absolute Gasteiger partial charge is 0.240 e. The van der Waals surface area contributed by atoms with Crippen LogP contribution in [0.3, 0.4) is 0 Å². The maximum atomic E-state index is 12.2. The summed E-state index contributed by atoms with van der Waals surface area (Å²) in [5, 5.41) is 8.07. The third-order valence-corrected chi connectivity index (χ3v) is 4.70. The molecule has 0 saturated carbocycles. The summed E-state index contributed by atoms with van der Waals surface area (Å²) < 4.78 is 0. The summed E-state index contributed by atoms with van der Waals surface area (Å²) in [6.45, 7) is 1.43. The van der Waals surface area contributed by atoms with Crippen LogP contribution in [0, 0.1) is 0 Å². The van der Waals surface area contributed by atoms with Crippen molar-refractivity contribution in [3.63, 3.8) is 0 Å². The molecule has 3 amide bonds. The van der Waals surface area contributed by atoms with E-state index in [0.29, 0.717) is 16.5 Å². The minimum Gasteiger partial charge on any atom is -0.326 e. The third kappa shape index (κ3) is 5.42. The Morgan fingerprint density at radius 1 is 1.04 bits per heavy atom. The summed E-state index contributed by atoms with van der Waals surface area (Å²) in [6, 6.07) is 16.1. The molecule has 1 fully saturated rings. The molecular weight excluding hydrogens is 364 g/mol. The first-order chi connectivity index (χ1) is 13.0. The lowest BCUT2D eigenvalue weighted by molar-refractivity contribution is -0.122. The van der Waals surface area contributed by atoms with Gasteiger partial charge in [0.25, 0.3) is 0 Å². The number of thioether (sulfide) groups is 1. The van der Waals surface area contributed by atoms with E-state index in [1.54, 1.807) is 24.3 Å². The van der Waals surface area contributed by atoms with Gasteiger partial charge in [0.05, 0.1) is 5.69 Å². The van der Waals surface area contributed by atoms with Crippen LogP contribution in [0.15, 0.2) is 59.6 Å². The van der Waals surface area contributed by atoms with Crippen molar-refractivity contribution in [3.8, 4) is 0 Å². The lowest BCUT2D eigenvalue weighted by Gasteiger charge is -2.08. The fourth-order valence-corrected chi connectivity index (χ4v) is 3.42. The van der Waals surface area contributed by atoms with Crippen LogP contribution < -0.4 is 16.0 Å². The molecule has 0 bridgehead atoms. The Morgan fingerprint density at radius 2 is 1.67 bits per heavy atom. The first-order valence-electron chi connectivity index (χ1n) is 8.28. The van der Waals surface area contributed by atoms with Gasteiger partial charge < -0.3 is 16.0 Å². The molecule has 1 heterocycles. The number of rotatable bonds is 5. The number of nitrogens with zero attached hydrogens (tertiary/aromatic N) is 1. The van der Waals surface area contributed by atoms with Crippen molar-refractivity contribution in [1.29, 1.82) is 0 Å². The summed E-state index contributed by atoms with van der Waals surface area (Å²) in [5.41, 5.74) is 1.98. The quantitative estimate of drug-likeness (QED) is 0.740. The highest BCUT2D eigenvalue weighted by molar-refractivity contribution is 8.15. The van der Waals surface area contributed by atoms with E-state index in [2.05, 4.69) is 20.9 Å². The Bertz CT molecular complexity index is 882. The van der Waals surface area contributed by atoms with Gasteiger partial charge in [-0.25, -0.2) is 4.99 Å². The zero-order chi connectivity index (χ0) is 19.2. The van der Waals surface area contributed by atoms with E-state index in [1.165, 1.54) is 18.7 Å². The van der Waals surface area contributed by atoms with E-state index in [0.717, 1.165) is 5.69 Å². The molecule has 0 aromatic heterocycles. The maximum absolute atomic E-state index is 12.2. The van der Waals surface area contributed by atoms with Gasteiger partial charge in [0.2, 0.25) is 17.7 Å². The number of para-hydroxylation sites is 1. The van der Waals surface area contributed by atoms with Crippen LogP contribution in [0.25, 0.3) is 0 Å². The topological polar surface area (TPSA) is 99.7 Å². The van der Waals surface area contributed by atoms with Crippen molar-refractivity contribution in [2.45, 2.75) is 18.6 Å². The summed E-state index contributed by atoms with van der Waals surface area (Å²) in [4.78, 5) is 39.7. The van der Waals surface area contributed by atoms with Gasteiger partial charge in [-0.3, -0.25) is 14.4 Å². The Labute approximate surface area is 160 Å². The lowest BCUT2D eigenvalue weighted by Crippen LogP contribution is -2.28. The molecule has 0 spiro atoms. The van der Waals surface area contributed by atoms with Gasteiger partial charge in [0.15, 0.2) is 5.17 Å². The van der Waals surface area contributed by atoms with Crippen molar-refractivity contribution in [1.82, 2.24) is 5.32 Å². The second-order valence-electron chi connectivity index (χ2n) is 5.86. The Kier molecular flexibility index (Phi) is 5.87. The average Bonchev–Trinajstić information content (AvgIpc) is 2.96. The van der Waals surface area contributed by atoms with Gasteiger partial charge >= 0.3 is 0 Å². The third-order valence-electron chi connectivity index (χ3n) is 3.62. The van der Waals surface area contributed by atoms with E-state index in [1.807, 2.05) is 30.3 Å². The van der Waals surface area contributed by atoms with Crippen LogP contribution in [-0.4, -0.2) is 28.1 Å². The SMILES string of the molecule is CC(=O)Nc1ccc(NC(=O)CC2SC(=Nc3ccccc3)NC2=O)cc1. The molecule has 7 nitrogen and oxygen atoms in total. The van der Waals surface area contributed by atoms with Gasteiger partial charge in [-0.15, -0.1) is 0 Å². The molecule has 8 heteroatoms. The molecule has 3 N–H and O–H groups in total. The number of nitrogens with one attached hydrogen (secondary N) is 3. The number of amides is 3. The summed E-state index contributed by atoms with van der Waals surface area (Å²) >= 11 is 1.24. The second-order valence-corrected chi connectivity index (χ2v) is 7.05. The number of anilines is 2. The predicted octanol–water partition coefficient (Wildman–Crippen LogP) is 2.89. The van der Waals surface area contributed by atoms with Gasteiger partial charge in [-0.05, 0) is 36.4 Å². The van der Waals surface area contributed by atoms with Crippen molar-refractivity contribution in [2.75, 3.05) is 10.6 Å². The monoisotopic (exact) mass is 382 g/mol. The van der Waals surface area contributed by atoms with E-state index >= 15 is 0 Å². The molecule has 138 valence electrons. The molecule has 3 rings (SSSR count). The molecule has 1 aliphatic rings. The van der Waals surface area contributed by atoms with Crippen LogP contribution in [0.2, 0.25) is 0 Å². The van der Waals surface area contributed by atoms with E-state index in [-0.39, 0.29) is 24.1 Å². The van der Waals surface area contributed by atoms with Crippen LogP contribution >= 0.6 is 11.8 Å². The van der Waals surface area contributed by atoms with Gasteiger partial charge in [-0.1, -0.05) is 30.0 Å². The van der Waals surface area contributed by atoms with E-state index < -0.39 is 5.25 Å². The molecule has 1 atom stereocenters. The number of carbonyl (C=O) groups excluding carboxylic acids is 3. The van der Waals surface area contributed by atoms with Crippen molar-refractivity contribution < 1.29 is 14.4 Å². The zero-order valence-electron chi connectivity index (χ0n) is 14.6. The lowest BCUT2D eigenvalue weighted by atomic mass is 10.2. The minimum atomic E-state index is -0.522. The second kappa shape index (κ2) is 8.50. The van der Waals surface area contributed by atoms with Crippen LogP contribution in [0.4, 0.5) is 17.1 Å². The number of hydrogen-bond donors (Lipinski definition) is 3. The fourth-order valence-electron chi connectivity index (χ4n) is 2.43. The van der Waals surface area contributed by atoms with E-state index in [4.69, 9.17) is 0 Å². The van der Waals surface area contributed by atoms with E-state index in [9.17, 15) is 14.4 Å². The Balaban J connectivity index is 1.55. The molecule has 1 aliphatic heterocycles. The van der Waals surface area contributed by atoms with Crippen LogP contribution in [-0.2, 0) is 14.4 Å². The largest absolute Gasteiger partial charge is 0.326 e. The van der Waals surface area contributed by atoms with Crippen molar-refractivity contribution in [3.05, 3.63) is 54.6 Å². The highest BCUT2D eigenvalue weighted by Gasteiger charge is 2.32. The number of benzene rings is 2. The molecule has 0 radical (unpaired) electrons. The normalized spacial score (nSPS) is 17.4. The Morgan fingerprint density at radius 3 is 2.30 bits per heavy atom. The number of carbonyl (C=O) groups is 3. The molecule has 0 aliphatic carbocycles. The summed E-state index contributed by atoms with van der Waals surface area (Å²) in [6.07, 6.45) is 0.0394. The highest BCUT2D eigenvalue weighted by atomic mass is 32.2. The van der Waals surface area contributed by atoms with Gasteiger partial charge in [-0.2, -0.15) is 0 Å².